The minimum atomic E-state index is 0.916. The van der Waals surface area contributed by atoms with Gasteiger partial charge in [0.05, 0.1) is 0 Å². The van der Waals surface area contributed by atoms with E-state index in [2.05, 4.69) is 170 Å². The van der Waals surface area contributed by atoms with Crippen LogP contribution < -0.4 is 0 Å². The molecule has 0 saturated carbocycles. The van der Waals surface area contributed by atoms with Crippen LogP contribution in [0.15, 0.2) is 174 Å². The van der Waals surface area contributed by atoms with E-state index in [1.54, 1.807) is 0 Å². The van der Waals surface area contributed by atoms with E-state index in [0.717, 1.165) is 32.9 Å². The zero-order valence-corrected chi connectivity index (χ0v) is 26.6. The molecule has 0 saturated heterocycles. The van der Waals surface area contributed by atoms with Gasteiger partial charge in [-0.15, -0.1) is 0 Å². The van der Waals surface area contributed by atoms with Gasteiger partial charge in [0.25, 0.3) is 0 Å². The highest BCUT2D eigenvalue weighted by molar-refractivity contribution is 6.39. The molecule has 0 radical (unpaired) electrons. The van der Waals surface area contributed by atoms with Gasteiger partial charge in [-0.05, 0) is 112 Å². The van der Waals surface area contributed by atoms with Crippen molar-refractivity contribution in [3.8, 4) is 22.3 Å². The molecule has 11 aromatic rings. The first-order valence-electron chi connectivity index (χ1n) is 16.9. The quantitative estimate of drug-likeness (QED) is 0.175. The highest BCUT2D eigenvalue weighted by atomic mass is 16.3. The highest BCUT2D eigenvalue weighted by Crippen LogP contribution is 2.45. The van der Waals surface area contributed by atoms with Gasteiger partial charge in [-0.3, -0.25) is 0 Å². The molecule has 10 aromatic carbocycles. The number of hydrogen-bond acceptors (Lipinski definition) is 1. The van der Waals surface area contributed by atoms with Crippen molar-refractivity contribution in [3.63, 3.8) is 0 Å². The van der Waals surface area contributed by atoms with Crippen LogP contribution in [0.25, 0.3) is 109 Å². The third-order valence-corrected chi connectivity index (χ3v) is 10.6. The Bertz CT molecular complexity index is 3150. The lowest BCUT2D eigenvalue weighted by atomic mass is 9.85. The Morgan fingerprint density at radius 2 is 0.735 bits per heavy atom. The van der Waals surface area contributed by atoms with Crippen LogP contribution in [-0.4, -0.2) is 0 Å². The maximum Gasteiger partial charge on any atom is 0.143 e. The van der Waals surface area contributed by atoms with Crippen LogP contribution in [0.3, 0.4) is 0 Å². The average molecular weight is 621 g/mol. The van der Waals surface area contributed by atoms with Crippen LogP contribution in [-0.2, 0) is 0 Å². The Labute approximate surface area is 282 Å². The summed E-state index contributed by atoms with van der Waals surface area (Å²) in [5.74, 6) is 0. The third-order valence-electron chi connectivity index (χ3n) is 10.6. The normalized spacial score (nSPS) is 12.1. The first-order chi connectivity index (χ1) is 24.3. The van der Waals surface area contributed by atoms with Gasteiger partial charge in [-0.1, -0.05) is 140 Å². The monoisotopic (exact) mass is 620 g/mol. The van der Waals surface area contributed by atoms with Crippen LogP contribution in [0.2, 0.25) is 0 Å². The van der Waals surface area contributed by atoms with Gasteiger partial charge < -0.3 is 4.42 Å². The van der Waals surface area contributed by atoms with Gasteiger partial charge in [0.1, 0.15) is 11.2 Å². The van der Waals surface area contributed by atoms with Gasteiger partial charge >= 0.3 is 0 Å². The summed E-state index contributed by atoms with van der Waals surface area (Å²) in [6.07, 6.45) is 0. The zero-order valence-electron chi connectivity index (χ0n) is 26.6. The zero-order chi connectivity index (χ0) is 32.1. The van der Waals surface area contributed by atoms with Crippen LogP contribution in [0, 0.1) is 0 Å². The minimum Gasteiger partial charge on any atom is -0.455 e. The van der Waals surface area contributed by atoms with Crippen molar-refractivity contribution in [2.45, 2.75) is 0 Å². The predicted octanol–water partition coefficient (Wildman–Crippen LogP) is 13.8. The van der Waals surface area contributed by atoms with Gasteiger partial charge in [0.15, 0.2) is 0 Å². The maximum absolute atomic E-state index is 6.57. The second-order valence-corrected chi connectivity index (χ2v) is 13.2. The first-order valence-corrected chi connectivity index (χ1v) is 16.9. The Kier molecular flexibility index (Phi) is 5.45. The van der Waals surface area contributed by atoms with Crippen LogP contribution in [0.5, 0.6) is 0 Å². The fraction of sp³-hybridized carbons (Fsp3) is 0. The summed E-state index contributed by atoms with van der Waals surface area (Å²) in [7, 11) is 0. The van der Waals surface area contributed by atoms with Gasteiger partial charge in [0.2, 0.25) is 0 Å². The van der Waals surface area contributed by atoms with Crippen molar-refractivity contribution in [3.05, 3.63) is 170 Å². The molecule has 0 N–H and O–H groups in total. The molecule has 0 bridgehead atoms. The molecule has 0 amide bonds. The summed E-state index contributed by atoms with van der Waals surface area (Å²) >= 11 is 0. The molecular formula is C48H28O. The number of benzene rings is 10. The Morgan fingerprint density at radius 1 is 0.265 bits per heavy atom. The molecule has 0 fully saturated rings. The lowest BCUT2D eigenvalue weighted by Gasteiger charge is -2.17. The van der Waals surface area contributed by atoms with E-state index in [9.17, 15) is 0 Å². The average Bonchev–Trinajstić information content (AvgIpc) is 3.56. The predicted molar refractivity (Wildman–Crippen MR) is 210 cm³/mol. The van der Waals surface area contributed by atoms with Crippen molar-refractivity contribution in [2.75, 3.05) is 0 Å². The second-order valence-electron chi connectivity index (χ2n) is 13.2. The molecule has 11 rings (SSSR count). The molecule has 0 unspecified atom stereocenters. The van der Waals surface area contributed by atoms with Crippen LogP contribution >= 0.6 is 0 Å². The number of fused-ring (bicyclic) bond motifs is 16. The summed E-state index contributed by atoms with van der Waals surface area (Å²) in [4.78, 5) is 0. The molecule has 0 aliphatic carbocycles. The maximum atomic E-state index is 6.57. The summed E-state index contributed by atoms with van der Waals surface area (Å²) < 4.78 is 6.57. The summed E-state index contributed by atoms with van der Waals surface area (Å²) in [5, 5.41) is 17.5. The smallest absolute Gasteiger partial charge is 0.143 e. The van der Waals surface area contributed by atoms with Crippen LogP contribution in [0.1, 0.15) is 0 Å². The molecule has 0 spiro atoms. The van der Waals surface area contributed by atoms with E-state index < -0.39 is 0 Å². The molecule has 0 aliphatic rings. The van der Waals surface area contributed by atoms with Crippen molar-refractivity contribution >= 4 is 86.6 Å². The molecule has 1 nitrogen and oxygen atoms in total. The molecule has 226 valence electrons. The molecule has 0 atom stereocenters. The van der Waals surface area contributed by atoms with Crippen LogP contribution in [0.4, 0.5) is 0 Å². The van der Waals surface area contributed by atoms with Crippen molar-refractivity contribution < 1.29 is 4.42 Å². The Balaban J connectivity index is 1.19. The summed E-state index contributed by atoms with van der Waals surface area (Å²) in [5.41, 5.74) is 6.68. The van der Waals surface area contributed by atoms with Gasteiger partial charge in [-0.2, -0.15) is 0 Å². The minimum absolute atomic E-state index is 0.916. The van der Waals surface area contributed by atoms with Crippen molar-refractivity contribution in [1.82, 2.24) is 0 Å². The Morgan fingerprint density at radius 3 is 1.39 bits per heavy atom. The van der Waals surface area contributed by atoms with Gasteiger partial charge in [0, 0.05) is 16.2 Å². The van der Waals surface area contributed by atoms with Crippen molar-refractivity contribution in [1.29, 1.82) is 0 Å². The summed E-state index contributed by atoms with van der Waals surface area (Å²) in [6.45, 7) is 0. The van der Waals surface area contributed by atoms with E-state index in [4.69, 9.17) is 4.42 Å². The molecule has 49 heavy (non-hydrogen) atoms. The lowest BCUT2D eigenvalue weighted by molar-refractivity contribution is 0.673. The number of hydrogen-bond donors (Lipinski definition) is 0. The SMILES string of the molecule is c1ccc(-c2ccc3c(c2)c2ccccc2c2c4ccc(-c5ccc6c(c5)oc5c7ccccc7ccc65)cc4c4ccccc4c32)cc1. The highest BCUT2D eigenvalue weighted by Gasteiger charge is 2.18. The first kappa shape index (κ1) is 26.6. The van der Waals surface area contributed by atoms with E-state index in [0.29, 0.717) is 0 Å². The Hall–Kier alpha value is -6.44. The van der Waals surface area contributed by atoms with E-state index in [-0.39, 0.29) is 0 Å². The summed E-state index contributed by atoms with van der Waals surface area (Å²) in [6, 6.07) is 62.1. The molecular weight excluding hydrogens is 593 g/mol. The fourth-order valence-electron chi connectivity index (χ4n) is 8.34. The van der Waals surface area contributed by atoms with E-state index >= 15 is 0 Å². The number of rotatable bonds is 2. The standard InChI is InChI=1S/C48H28O/c1-2-10-29(11-3-1)31-20-23-40-43(26-31)35-14-6-8-16-38(35)47-41-24-21-32(27-44(41)36-15-7-9-17-39(36)46(40)47)33-19-22-37-42-25-18-30-12-4-5-13-34(30)48(42)49-45(37)28-33/h1-28H. The largest absolute Gasteiger partial charge is 0.455 e. The third kappa shape index (κ3) is 3.82. The van der Waals surface area contributed by atoms with E-state index in [1.165, 1.54) is 75.9 Å². The topological polar surface area (TPSA) is 13.1 Å². The second kappa shape index (κ2) is 10.0. The van der Waals surface area contributed by atoms with E-state index in [1.807, 2.05) is 0 Å². The lowest BCUT2D eigenvalue weighted by Crippen LogP contribution is -1.90. The molecule has 1 aromatic heterocycles. The number of furan rings is 1. The fourth-order valence-corrected chi connectivity index (χ4v) is 8.34. The molecule has 0 aliphatic heterocycles. The van der Waals surface area contributed by atoms with Crippen molar-refractivity contribution in [2.24, 2.45) is 0 Å². The molecule has 1 heteroatoms. The van der Waals surface area contributed by atoms with Gasteiger partial charge in [-0.25, -0.2) is 0 Å². The molecule has 1 heterocycles.